The van der Waals surface area contributed by atoms with Crippen molar-refractivity contribution in [2.45, 2.75) is 72.0 Å². The molecule has 162 valence electrons. The van der Waals surface area contributed by atoms with Crippen LogP contribution in [0.15, 0.2) is 0 Å². The summed E-state index contributed by atoms with van der Waals surface area (Å²) in [6.45, 7) is 12.4. The highest BCUT2D eigenvalue weighted by Crippen LogP contribution is 2.07. The Labute approximate surface area is 173 Å². The van der Waals surface area contributed by atoms with E-state index >= 15 is 0 Å². The van der Waals surface area contributed by atoms with Crippen molar-refractivity contribution in [3.63, 3.8) is 0 Å². The van der Waals surface area contributed by atoms with Gasteiger partial charge in [0.05, 0.1) is 4.99 Å². The van der Waals surface area contributed by atoms with E-state index in [-0.39, 0.29) is 0 Å². The lowest BCUT2D eigenvalue weighted by molar-refractivity contribution is -0.107. The molecule has 0 spiro atoms. The number of thiocarbonyl (C=S) groups is 1. The van der Waals surface area contributed by atoms with E-state index < -0.39 is 23.4 Å². The van der Waals surface area contributed by atoms with E-state index in [2.05, 4.69) is 10.6 Å². The Kier molecular flexibility index (Phi) is 11.7. The second-order valence-electron chi connectivity index (χ2n) is 8.30. The van der Waals surface area contributed by atoms with E-state index in [0.717, 1.165) is 6.29 Å². The van der Waals surface area contributed by atoms with Gasteiger partial charge in [-0.25, -0.2) is 9.59 Å². The van der Waals surface area contributed by atoms with Gasteiger partial charge < -0.3 is 29.8 Å². The van der Waals surface area contributed by atoms with Crippen molar-refractivity contribution in [3.8, 4) is 0 Å². The van der Waals surface area contributed by atoms with Crippen LogP contribution in [0.4, 0.5) is 9.59 Å². The second kappa shape index (κ2) is 12.5. The number of ether oxygens (including phenoxy) is 2. The Morgan fingerprint density at radius 1 is 0.929 bits per heavy atom. The predicted molar refractivity (Wildman–Crippen MR) is 113 cm³/mol. The molecular formula is C19H35N3O5S. The van der Waals surface area contributed by atoms with Crippen LogP contribution >= 0.6 is 12.2 Å². The van der Waals surface area contributed by atoms with Gasteiger partial charge in [-0.1, -0.05) is 12.2 Å². The van der Waals surface area contributed by atoms with E-state index in [1.165, 1.54) is 0 Å². The third-order valence-electron chi connectivity index (χ3n) is 3.17. The molecule has 0 aromatic rings. The molecule has 28 heavy (non-hydrogen) atoms. The quantitative estimate of drug-likeness (QED) is 0.320. The molecule has 2 amide bonds. The number of nitrogens with zero attached hydrogens (tertiary/aromatic N) is 1. The van der Waals surface area contributed by atoms with Gasteiger partial charge in [0.2, 0.25) is 0 Å². The molecule has 9 heteroatoms. The molecule has 0 heterocycles. The normalized spacial score (nSPS) is 11.4. The van der Waals surface area contributed by atoms with Crippen LogP contribution in [0.5, 0.6) is 0 Å². The summed E-state index contributed by atoms with van der Waals surface area (Å²) in [6.07, 6.45) is 1.57. The smallest absolute Gasteiger partial charge is 0.407 e. The first kappa shape index (κ1) is 26.1. The summed E-state index contributed by atoms with van der Waals surface area (Å²) in [5.41, 5.74) is -1.13. The molecule has 0 aliphatic carbocycles. The number of amides is 2. The molecule has 0 saturated carbocycles. The molecule has 0 bridgehead atoms. The molecule has 0 rings (SSSR count). The summed E-state index contributed by atoms with van der Waals surface area (Å²) in [7, 11) is 0. The third-order valence-corrected chi connectivity index (χ3v) is 3.63. The standard InChI is InChI=1S/C19H35N3O5S/c1-18(2,3)26-16(24)20-10-12-22(15(28)9-7-8-14-23)13-11-21-17(25)27-19(4,5)6/h14H,7-13H2,1-6H3,(H,20,24)(H,21,25). The summed E-state index contributed by atoms with van der Waals surface area (Å²) >= 11 is 5.44. The molecule has 0 aliphatic heterocycles. The highest BCUT2D eigenvalue weighted by molar-refractivity contribution is 7.80. The maximum absolute atomic E-state index is 11.8. The van der Waals surface area contributed by atoms with Crippen molar-refractivity contribution < 1.29 is 23.9 Å². The summed E-state index contributed by atoms with van der Waals surface area (Å²) in [4.78, 5) is 36.6. The zero-order chi connectivity index (χ0) is 21.8. The van der Waals surface area contributed by atoms with Gasteiger partial charge in [-0.15, -0.1) is 0 Å². The number of hydrogen-bond acceptors (Lipinski definition) is 6. The Morgan fingerprint density at radius 3 is 1.71 bits per heavy atom. The van der Waals surface area contributed by atoms with Crippen molar-refractivity contribution in [1.82, 2.24) is 15.5 Å². The Hall–Kier alpha value is -1.90. The van der Waals surface area contributed by atoms with Crippen LogP contribution in [0.2, 0.25) is 0 Å². The fourth-order valence-corrected chi connectivity index (χ4v) is 2.40. The van der Waals surface area contributed by atoms with E-state index in [4.69, 9.17) is 21.7 Å². The van der Waals surface area contributed by atoms with Crippen LogP contribution in [0, 0.1) is 0 Å². The minimum absolute atomic E-state index is 0.342. The first-order valence-electron chi connectivity index (χ1n) is 9.49. The monoisotopic (exact) mass is 417 g/mol. The van der Waals surface area contributed by atoms with E-state index in [9.17, 15) is 14.4 Å². The Morgan fingerprint density at radius 2 is 1.36 bits per heavy atom. The highest BCUT2D eigenvalue weighted by atomic mass is 32.1. The van der Waals surface area contributed by atoms with Gasteiger partial charge in [-0.2, -0.15) is 0 Å². The van der Waals surface area contributed by atoms with Gasteiger partial charge in [-0.3, -0.25) is 0 Å². The second-order valence-corrected chi connectivity index (χ2v) is 8.77. The molecular weight excluding hydrogens is 382 g/mol. The number of rotatable bonds is 10. The van der Waals surface area contributed by atoms with Gasteiger partial charge in [-0.05, 0) is 54.4 Å². The summed E-state index contributed by atoms with van der Waals surface area (Å²) in [5.74, 6) is 0. The molecule has 0 radical (unpaired) electrons. The van der Waals surface area contributed by atoms with E-state index in [1.807, 2.05) is 4.90 Å². The molecule has 0 aromatic carbocycles. The molecule has 8 nitrogen and oxygen atoms in total. The van der Waals surface area contributed by atoms with Crippen molar-refractivity contribution in [1.29, 1.82) is 0 Å². The number of alkyl carbamates (subject to hydrolysis) is 2. The summed E-state index contributed by atoms with van der Waals surface area (Å²) in [6, 6.07) is 0. The number of nitrogens with one attached hydrogen (secondary N) is 2. The van der Waals surface area contributed by atoms with Crippen LogP contribution in [-0.4, -0.2) is 65.7 Å². The SMILES string of the molecule is CC(C)(C)OC(=O)NCCN(CCNC(=O)OC(C)(C)C)C(=S)CCCC=O. The molecule has 0 fully saturated rings. The lowest BCUT2D eigenvalue weighted by Crippen LogP contribution is -2.43. The molecule has 0 saturated heterocycles. The first-order valence-corrected chi connectivity index (χ1v) is 9.90. The average molecular weight is 418 g/mol. The van der Waals surface area contributed by atoms with Crippen molar-refractivity contribution in [2.24, 2.45) is 0 Å². The number of unbranched alkanes of at least 4 members (excludes halogenated alkanes) is 1. The number of aldehydes is 1. The average Bonchev–Trinajstić information content (AvgIpc) is 2.50. The molecule has 2 N–H and O–H groups in total. The number of carbonyl (C=O) groups excluding carboxylic acids is 3. The van der Waals surface area contributed by atoms with Crippen molar-refractivity contribution in [2.75, 3.05) is 26.2 Å². The van der Waals surface area contributed by atoms with E-state index in [0.29, 0.717) is 50.4 Å². The number of carbonyl (C=O) groups is 3. The maximum atomic E-state index is 11.8. The fourth-order valence-electron chi connectivity index (χ4n) is 2.07. The highest BCUT2D eigenvalue weighted by Gasteiger charge is 2.18. The van der Waals surface area contributed by atoms with Crippen molar-refractivity contribution >= 4 is 35.7 Å². The predicted octanol–water partition coefficient (Wildman–Crippen LogP) is 3.03. The van der Waals surface area contributed by atoms with Gasteiger partial charge >= 0.3 is 12.2 Å². The minimum Gasteiger partial charge on any atom is -0.444 e. The summed E-state index contributed by atoms with van der Waals surface area (Å²) < 4.78 is 10.4. The Balaban J connectivity index is 4.53. The third kappa shape index (κ3) is 15.2. The van der Waals surface area contributed by atoms with Gasteiger partial charge in [0.1, 0.15) is 17.5 Å². The molecule has 0 aliphatic rings. The molecule has 0 aromatic heterocycles. The first-order chi connectivity index (χ1) is 12.8. The van der Waals surface area contributed by atoms with Crippen LogP contribution in [0.1, 0.15) is 60.8 Å². The topological polar surface area (TPSA) is 97.0 Å². The van der Waals surface area contributed by atoms with Gasteiger partial charge in [0.25, 0.3) is 0 Å². The largest absolute Gasteiger partial charge is 0.444 e. The minimum atomic E-state index is -0.564. The molecule has 0 unspecified atom stereocenters. The van der Waals surface area contributed by atoms with Crippen LogP contribution < -0.4 is 10.6 Å². The summed E-state index contributed by atoms with van der Waals surface area (Å²) in [5, 5.41) is 5.38. The van der Waals surface area contributed by atoms with Crippen LogP contribution in [0.25, 0.3) is 0 Å². The number of hydrogen-bond donors (Lipinski definition) is 2. The van der Waals surface area contributed by atoms with Gasteiger partial charge in [0, 0.05) is 32.6 Å². The maximum Gasteiger partial charge on any atom is 0.407 e. The fraction of sp³-hybridized carbons (Fsp3) is 0.789. The van der Waals surface area contributed by atoms with E-state index in [1.54, 1.807) is 41.5 Å². The molecule has 0 atom stereocenters. The zero-order valence-corrected chi connectivity index (χ0v) is 18.7. The van der Waals surface area contributed by atoms with Gasteiger partial charge in [0.15, 0.2) is 0 Å². The lowest BCUT2D eigenvalue weighted by Gasteiger charge is -2.27. The zero-order valence-electron chi connectivity index (χ0n) is 17.9. The lowest BCUT2D eigenvalue weighted by atomic mass is 10.2. The Bertz CT molecular complexity index is 493. The van der Waals surface area contributed by atoms with Crippen molar-refractivity contribution in [3.05, 3.63) is 0 Å². The van der Waals surface area contributed by atoms with Crippen LogP contribution in [0.3, 0.4) is 0 Å². The van der Waals surface area contributed by atoms with Crippen LogP contribution in [-0.2, 0) is 14.3 Å².